The van der Waals surface area contributed by atoms with Gasteiger partial charge in [0, 0.05) is 0 Å². The summed E-state index contributed by atoms with van der Waals surface area (Å²) in [5, 5.41) is 17.3. The number of hydrogen-bond donors (Lipinski definition) is 1. The fourth-order valence-corrected chi connectivity index (χ4v) is 1.13. The van der Waals surface area contributed by atoms with Crippen LogP contribution in [0, 0.1) is 23.2 Å². The summed E-state index contributed by atoms with van der Waals surface area (Å²) in [4.78, 5) is 0. The number of benzene rings is 1. The molecule has 1 rings (SSSR count). The fraction of sp³-hybridized carbons (Fsp3) is 0.250. The molecule has 0 fully saturated rings. The minimum Gasteiger partial charge on any atom is -0.495 e. The van der Waals surface area contributed by atoms with Crippen LogP contribution in [0.3, 0.4) is 0 Å². The van der Waals surface area contributed by atoms with Crippen LogP contribution in [0.5, 0.6) is 5.75 Å². The highest BCUT2D eigenvalue weighted by Gasteiger charge is 2.00. The third-order valence-electron chi connectivity index (χ3n) is 1.84. The van der Waals surface area contributed by atoms with Gasteiger partial charge in [0.05, 0.1) is 31.8 Å². The second-order valence-electron chi connectivity index (χ2n) is 2.83. The van der Waals surface area contributed by atoms with Crippen LogP contribution in [0.15, 0.2) is 18.2 Å². The Kier molecular flexibility index (Phi) is 4.22. The first-order valence-corrected chi connectivity index (χ1v) is 4.45. The number of hydrogen-bond acceptors (Lipinski definition) is 3. The molecule has 0 bridgehead atoms. The van der Waals surface area contributed by atoms with Crippen LogP contribution in [0.4, 0.5) is 0 Å². The average Bonchev–Trinajstić information content (AvgIpc) is 2.29. The summed E-state index contributed by atoms with van der Waals surface area (Å²) < 4.78 is 5.11. The predicted molar refractivity (Wildman–Crippen MR) is 56.0 cm³/mol. The first kappa shape index (κ1) is 11.1. The molecule has 3 heteroatoms. The second kappa shape index (κ2) is 5.70. The van der Waals surface area contributed by atoms with Gasteiger partial charge in [-0.05, 0) is 17.7 Å². The minimum absolute atomic E-state index is 0.0308. The molecule has 0 saturated heterocycles. The fourth-order valence-electron chi connectivity index (χ4n) is 1.13. The Morgan fingerprint density at radius 3 is 2.87 bits per heavy atom. The number of methoxy groups -OCH3 is 1. The minimum atomic E-state index is -0.0308. The molecule has 0 aliphatic heterocycles. The van der Waals surface area contributed by atoms with Gasteiger partial charge in [-0.15, -0.1) is 0 Å². The number of aliphatic hydroxyl groups excluding tert-OH is 1. The third-order valence-corrected chi connectivity index (χ3v) is 1.84. The molecule has 76 valence electrons. The zero-order valence-electron chi connectivity index (χ0n) is 8.45. The van der Waals surface area contributed by atoms with E-state index in [9.17, 15) is 0 Å². The van der Waals surface area contributed by atoms with Crippen molar-refractivity contribution in [3.63, 3.8) is 0 Å². The number of rotatable bonds is 2. The molecule has 3 nitrogen and oxygen atoms in total. The van der Waals surface area contributed by atoms with E-state index >= 15 is 0 Å². The maximum Gasteiger partial charge on any atom is 0.134 e. The first-order chi connectivity index (χ1) is 7.31. The van der Waals surface area contributed by atoms with Crippen LogP contribution in [0.1, 0.15) is 17.5 Å². The van der Waals surface area contributed by atoms with E-state index in [0.717, 1.165) is 5.56 Å². The van der Waals surface area contributed by atoms with Gasteiger partial charge in [0.1, 0.15) is 5.75 Å². The van der Waals surface area contributed by atoms with Crippen LogP contribution in [0.25, 0.3) is 0 Å². The second-order valence-corrected chi connectivity index (χ2v) is 2.83. The van der Waals surface area contributed by atoms with Crippen molar-refractivity contribution in [1.29, 1.82) is 5.26 Å². The summed E-state index contributed by atoms with van der Waals surface area (Å²) in [6.45, 7) is -0.0308. The standard InChI is InChI=1S/C12H11NO2/c1-15-12-6-5-10(9-14)8-11(12)4-2-3-7-13/h5-6,8,14H,3,9H2,1H3. The lowest BCUT2D eigenvalue weighted by molar-refractivity contribution is 0.281. The van der Waals surface area contributed by atoms with E-state index in [1.807, 2.05) is 6.07 Å². The molecule has 0 aliphatic carbocycles. The Hall–Kier alpha value is -1.97. The highest BCUT2D eigenvalue weighted by atomic mass is 16.5. The molecule has 1 aromatic rings. The number of nitrogens with zero attached hydrogens (tertiary/aromatic N) is 1. The van der Waals surface area contributed by atoms with Gasteiger partial charge in [-0.25, -0.2) is 0 Å². The molecule has 0 saturated carbocycles. The van der Waals surface area contributed by atoms with E-state index in [1.54, 1.807) is 25.3 Å². The van der Waals surface area contributed by atoms with Gasteiger partial charge in [0.15, 0.2) is 0 Å². The van der Waals surface area contributed by atoms with E-state index in [2.05, 4.69) is 11.8 Å². The molecule has 0 radical (unpaired) electrons. The van der Waals surface area contributed by atoms with Crippen molar-refractivity contribution in [3.8, 4) is 23.7 Å². The normalized spacial score (nSPS) is 8.60. The maximum absolute atomic E-state index is 8.96. The van der Waals surface area contributed by atoms with Gasteiger partial charge >= 0.3 is 0 Å². The lowest BCUT2D eigenvalue weighted by Crippen LogP contribution is -1.90. The van der Waals surface area contributed by atoms with E-state index < -0.39 is 0 Å². The van der Waals surface area contributed by atoms with Crippen LogP contribution in [-0.2, 0) is 6.61 Å². The van der Waals surface area contributed by atoms with Crippen molar-refractivity contribution >= 4 is 0 Å². The molecule has 15 heavy (non-hydrogen) atoms. The number of ether oxygens (including phenoxy) is 1. The molecule has 1 aromatic carbocycles. The Balaban J connectivity index is 3.04. The van der Waals surface area contributed by atoms with Crippen molar-refractivity contribution in [2.45, 2.75) is 13.0 Å². The summed E-state index contributed by atoms with van der Waals surface area (Å²) >= 11 is 0. The summed E-state index contributed by atoms with van der Waals surface area (Å²) in [5.41, 5.74) is 1.47. The Labute approximate surface area is 88.9 Å². The molecule has 0 amide bonds. The Morgan fingerprint density at radius 2 is 2.27 bits per heavy atom. The van der Waals surface area contributed by atoms with E-state index in [1.165, 1.54) is 0 Å². The van der Waals surface area contributed by atoms with Gasteiger partial charge in [0.2, 0.25) is 0 Å². The lowest BCUT2D eigenvalue weighted by atomic mass is 10.1. The van der Waals surface area contributed by atoms with Crippen molar-refractivity contribution in [2.75, 3.05) is 7.11 Å². The smallest absolute Gasteiger partial charge is 0.134 e. The highest BCUT2D eigenvalue weighted by molar-refractivity contribution is 5.48. The molecule has 0 aromatic heterocycles. The molecule has 0 unspecified atom stereocenters. The topological polar surface area (TPSA) is 53.2 Å². The monoisotopic (exact) mass is 201 g/mol. The van der Waals surface area contributed by atoms with Gasteiger partial charge < -0.3 is 9.84 Å². The summed E-state index contributed by atoms with van der Waals surface area (Å²) in [6.07, 6.45) is 0.187. The molecular weight excluding hydrogens is 190 g/mol. The van der Waals surface area contributed by atoms with Gasteiger partial charge in [-0.2, -0.15) is 5.26 Å². The zero-order valence-corrected chi connectivity index (χ0v) is 8.45. The largest absolute Gasteiger partial charge is 0.495 e. The van der Waals surface area contributed by atoms with E-state index in [-0.39, 0.29) is 13.0 Å². The lowest BCUT2D eigenvalue weighted by Gasteiger charge is -2.04. The van der Waals surface area contributed by atoms with Crippen molar-refractivity contribution in [3.05, 3.63) is 29.3 Å². The number of nitriles is 1. The molecule has 0 heterocycles. The molecular formula is C12H11NO2. The average molecular weight is 201 g/mol. The van der Waals surface area contributed by atoms with Crippen molar-refractivity contribution in [2.24, 2.45) is 0 Å². The quantitative estimate of drug-likeness (QED) is 0.737. The highest BCUT2D eigenvalue weighted by Crippen LogP contribution is 2.18. The van der Waals surface area contributed by atoms with Crippen LogP contribution >= 0.6 is 0 Å². The van der Waals surface area contributed by atoms with E-state index in [4.69, 9.17) is 15.1 Å². The zero-order chi connectivity index (χ0) is 11.1. The molecule has 0 aliphatic rings. The van der Waals surface area contributed by atoms with E-state index in [0.29, 0.717) is 11.3 Å². The van der Waals surface area contributed by atoms with Gasteiger partial charge in [-0.3, -0.25) is 0 Å². The predicted octanol–water partition coefficient (Wildman–Crippen LogP) is 1.45. The molecule has 0 spiro atoms. The van der Waals surface area contributed by atoms with Crippen LogP contribution < -0.4 is 4.74 Å². The molecule has 0 atom stereocenters. The first-order valence-electron chi connectivity index (χ1n) is 4.45. The third kappa shape index (κ3) is 3.02. The SMILES string of the molecule is COc1ccc(CO)cc1C#CCC#N. The molecule has 1 N–H and O–H groups in total. The number of aliphatic hydroxyl groups is 1. The van der Waals surface area contributed by atoms with Crippen molar-refractivity contribution < 1.29 is 9.84 Å². The van der Waals surface area contributed by atoms with Crippen molar-refractivity contribution in [1.82, 2.24) is 0 Å². The van der Waals surface area contributed by atoms with Gasteiger partial charge in [-0.1, -0.05) is 17.9 Å². The van der Waals surface area contributed by atoms with Crippen LogP contribution in [0.2, 0.25) is 0 Å². The maximum atomic E-state index is 8.96. The Morgan fingerprint density at radius 1 is 1.47 bits per heavy atom. The summed E-state index contributed by atoms with van der Waals surface area (Å²) in [5.74, 6) is 6.19. The Bertz CT molecular complexity index is 435. The summed E-state index contributed by atoms with van der Waals surface area (Å²) in [7, 11) is 1.56. The summed E-state index contributed by atoms with van der Waals surface area (Å²) in [6, 6.07) is 7.22. The van der Waals surface area contributed by atoms with Gasteiger partial charge in [0.25, 0.3) is 0 Å². The van der Waals surface area contributed by atoms with Crippen LogP contribution in [-0.4, -0.2) is 12.2 Å².